The summed E-state index contributed by atoms with van der Waals surface area (Å²) in [5.41, 5.74) is 0. The minimum Gasteiger partial charge on any atom is -0.394 e. The van der Waals surface area contributed by atoms with Crippen LogP contribution < -0.4 is 5.32 Å². The topological polar surface area (TPSA) is 136 Å². The first kappa shape index (κ1) is 18.0. The van der Waals surface area contributed by atoms with Crippen molar-refractivity contribution in [3.05, 3.63) is 0 Å². The number of hydrogen-bond donors (Lipinski definition) is 5. The van der Waals surface area contributed by atoms with Crippen molar-refractivity contribution < 1.29 is 34.8 Å². The maximum Gasteiger partial charge on any atom is 0.220 e. The Labute approximate surface area is 122 Å². The molecule has 1 fully saturated rings. The van der Waals surface area contributed by atoms with Crippen LogP contribution in [0.1, 0.15) is 26.2 Å². The Bertz CT molecular complexity index is 362. The molecule has 0 radical (unpaired) electrons. The molecular formula is C13H23NO7. The van der Waals surface area contributed by atoms with Crippen LogP contribution in [0.4, 0.5) is 0 Å². The molecule has 0 saturated carbocycles. The summed E-state index contributed by atoms with van der Waals surface area (Å²) in [6, 6.07) is -0.908. The highest BCUT2D eigenvalue weighted by Crippen LogP contribution is 2.20. The second kappa shape index (κ2) is 8.40. The molecule has 0 aromatic carbocycles. The van der Waals surface area contributed by atoms with Crippen LogP contribution in [0, 0.1) is 0 Å². The lowest BCUT2D eigenvalue weighted by Gasteiger charge is -2.39. The van der Waals surface area contributed by atoms with E-state index < -0.39 is 43.0 Å². The standard InChI is InChI=1S/C13H23NO7/c1-7(16)2-3-10(19)14-11-8(17)4-5-21-13(11)12(20)9(18)6-15/h8-9,11-13,15,17-18,20H,2-6H2,1H3,(H,14,19). The van der Waals surface area contributed by atoms with Gasteiger partial charge in [-0.3, -0.25) is 4.79 Å². The van der Waals surface area contributed by atoms with Crippen LogP contribution in [-0.2, 0) is 14.3 Å². The first-order valence-electron chi connectivity index (χ1n) is 6.92. The fraction of sp³-hybridized carbons (Fsp3) is 0.846. The third kappa shape index (κ3) is 5.33. The molecule has 21 heavy (non-hydrogen) atoms. The number of rotatable bonds is 7. The molecule has 122 valence electrons. The van der Waals surface area contributed by atoms with Crippen molar-refractivity contribution in [2.75, 3.05) is 13.2 Å². The zero-order valence-corrected chi connectivity index (χ0v) is 11.9. The lowest BCUT2D eigenvalue weighted by molar-refractivity contribution is -0.157. The van der Waals surface area contributed by atoms with Crippen molar-refractivity contribution in [2.24, 2.45) is 0 Å². The largest absolute Gasteiger partial charge is 0.394 e. The van der Waals surface area contributed by atoms with E-state index in [4.69, 9.17) is 9.84 Å². The molecule has 1 saturated heterocycles. The Hall–Kier alpha value is -1.06. The molecule has 1 amide bonds. The Morgan fingerprint density at radius 1 is 1.33 bits per heavy atom. The van der Waals surface area contributed by atoms with Gasteiger partial charge in [0.15, 0.2) is 0 Å². The lowest BCUT2D eigenvalue weighted by atomic mass is 9.92. The first-order chi connectivity index (χ1) is 9.86. The van der Waals surface area contributed by atoms with E-state index in [2.05, 4.69) is 5.32 Å². The number of carbonyl (C=O) groups excluding carboxylic acids is 2. The third-order valence-electron chi connectivity index (χ3n) is 3.44. The number of nitrogens with one attached hydrogen (secondary N) is 1. The van der Waals surface area contributed by atoms with Gasteiger partial charge >= 0.3 is 0 Å². The number of ketones is 1. The quantitative estimate of drug-likeness (QED) is 0.357. The van der Waals surface area contributed by atoms with E-state index in [9.17, 15) is 24.9 Å². The third-order valence-corrected chi connectivity index (χ3v) is 3.44. The van der Waals surface area contributed by atoms with Gasteiger partial charge in [0, 0.05) is 19.4 Å². The number of hydrogen-bond acceptors (Lipinski definition) is 7. The highest BCUT2D eigenvalue weighted by molar-refractivity contribution is 5.83. The fourth-order valence-corrected chi connectivity index (χ4v) is 2.19. The zero-order chi connectivity index (χ0) is 16.0. The van der Waals surface area contributed by atoms with Gasteiger partial charge in [-0.25, -0.2) is 0 Å². The van der Waals surface area contributed by atoms with E-state index in [0.29, 0.717) is 0 Å². The molecule has 1 rings (SSSR count). The van der Waals surface area contributed by atoms with Gasteiger partial charge in [-0.2, -0.15) is 0 Å². The first-order valence-corrected chi connectivity index (χ1v) is 6.92. The Morgan fingerprint density at radius 3 is 2.57 bits per heavy atom. The van der Waals surface area contributed by atoms with Crippen molar-refractivity contribution in [3.8, 4) is 0 Å². The smallest absolute Gasteiger partial charge is 0.220 e. The molecule has 0 aromatic rings. The van der Waals surface area contributed by atoms with Gasteiger partial charge in [-0.05, 0) is 13.3 Å². The van der Waals surface area contributed by atoms with E-state index >= 15 is 0 Å². The number of ether oxygens (including phenoxy) is 1. The fourth-order valence-electron chi connectivity index (χ4n) is 2.19. The van der Waals surface area contributed by atoms with Crippen LogP contribution >= 0.6 is 0 Å². The monoisotopic (exact) mass is 305 g/mol. The van der Waals surface area contributed by atoms with Gasteiger partial charge in [-0.1, -0.05) is 0 Å². The van der Waals surface area contributed by atoms with E-state index in [1.54, 1.807) is 0 Å². The lowest BCUT2D eigenvalue weighted by Crippen LogP contribution is -2.61. The van der Waals surface area contributed by atoms with Gasteiger partial charge in [0.1, 0.15) is 24.1 Å². The summed E-state index contributed by atoms with van der Waals surface area (Å²) in [5, 5.41) is 40.7. The molecule has 8 nitrogen and oxygen atoms in total. The van der Waals surface area contributed by atoms with E-state index in [0.717, 1.165) is 0 Å². The molecule has 5 N–H and O–H groups in total. The average Bonchev–Trinajstić information content (AvgIpc) is 2.45. The summed E-state index contributed by atoms with van der Waals surface area (Å²) in [5.74, 6) is -0.576. The van der Waals surface area contributed by atoms with E-state index in [-0.39, 0.29) is 31.7 Å². The molecule has 8 heteroatoms. The van der Waals surface area contributed by atoms with Gasteiger partial charge in [0.05, 0.1) is 18.8 Å². The van der Waals surface area contributed by atoms with Crippen LogP contribution in [0.5, 0.6) is 0 Å². The maximum atomic E-state index is 11.7. The van der Waals surface area contributed by atoms with Crippen molar-refractivity contribution in [3.63, 3.8) is 0 Å². The number of aliphatic hydroxyl groups is 4. The number of Topliss-reactive ketones (excluding diaryl/α,β-unsaturated/α-hetero) is 1. The normalized spacial score (nSPS) is 28.7. The number of carbonyl (C=O) groups is 2. The highest BCUT2D eigenvalue weighted by Gasteiger charge is 2.40. The Morgan fingerprint density at radius 2 is 2.00 bits per heavy atom. The second-order valence-corrected chi connectivity index (χ2v) is 5.23. The predicted molar refractivity (Wildman–Crippen MR) is 71.3 cm³/mol. The average molecular weight is 305 g/mol. The van der Waals surface area contributed by atoms with Gasteiger partial charge in [0.25, 0.3) is 0 Å². The second-order valence-electron chi connectivity index (χ2n) is 5.23. The van der Waals surface area contributed by atoms with Crippen molar-refractivity contribution in [1.29, 1.82) is 0 Å². The van der Waals surface area contributed by atoms with Gasteiger partial charge in [0.2, 0.25) is 5.91 Å². The van der Waals surface area contributed by atoms with Crippen LogP contribution in [0.25, 0.3) is 0 Å². The molecule has 0 aliphatic carbocycles. The summed E-state index contributed by atoms with van der Waals surface area (Å²) in [6.45, 7) is 0.874. The highest BCUT2D eigenvalue weighted by atomic mass is 16.5. The van der Waals surface area contributed by atoms with Crippen LogP contribution in [0.2, 0.25) is 0 Å². The molecule has 0 aromatic heterocycles. The summed E-state index contributed by atoms with van der Waals surface area (Å²) < 4.78 is 5.31. The summed E-state index contributed by atoms with van der Waals surface area (Å²) in [4.78, 5) is 22.6. The van der Waals surface area contributed by atoms with Crippen LogP contribution in [0.3, 0.4) is 0 Å². The number of amides is 1. The van der Waals surface area contributed by atoms with E-state index in [1.807, 2.05) is 0 Å². The van der Waals surface area contributed by atoms with Gasteiger partial charge < -0.3 is 35.3 Å². The SMILES string of the molecule is CC(=O)CCC(=O)NC1C(O)CCOC1C(O)C(O)CO. The summed E-state index contributed by atoms with van der Waals surface area (Å²) in [6.07, 6.45) is -4.51. The minimum absolute atomic E-state index is 0.0239. The summed E-state index contributed by atoms with van der Waals surface area (Å²) >= 11 is 0. The maximum absolute atomic E-state index is 11.7. The van der Waals surface area contributed by atoms with Crippen molar-refractivity contribution >= 4 is 11.7 Å². The molecule has 5 unspecified atom stereocenters. The minimum atomic E-state index is -1.44. The van der Waals surface area contributed by atoms with Gasteiger partial charge in [-0.15, -0.1) is 0 Å². The van der Waals surface area contributed by atoms with Crippen molar-refractivity contribution in [2.45, 2.75) is 56.6 Å². The zero-order valence-electron chi connectivity index (χ0n) is 11.9. The Kier molecular flexibility index (Phi) is 7.20. The van der Waals surface area contributed by atoms with Crippen molar-refractivity contribution in [1.82, 2.24) is 5.32 Å². The molecule has 5 atom stereocenters. The summed E-state index contributed by atoms with van der Waals surface area (Å²) in [7, 11) is 0. The van der Waals surface area contributed by atoms with E-state index in [1.165, 1.54) is 6.92 Å². The molecule has 0 spiro atoms. The molecule has 0 bridgehead atoms. The van der Waals surface area contributed by atoms with Crippen LogP contribution in [-0.4, -0.2) is 75.8 Å². The molecule has 1 aliphatic rings. The Balaban J connectivity index is 2.68. The van der Waals surface area contributed by atoms with Crippen LogP contribution in [0.15, 0.2) is 0 Å². The molecule has 1 heterocycles. The molecule has 1 aliphatic heterocycles. The predicted octanol–water partition coefficient (Wildman–Crippen LogP) is -2.30. The number of aliphatic hydroxyl groups excluding tert-OH is 4. The molecular weight excluding hydrogens is 282 g/mol.